The summed E-state index contributed by atoms with van der Waals surface area (Å²) in [6, 6.07) is 0. The molecule has 0 aliphatic rings. The Morgan fingerprint density at radius 2 is 1.75 bits per heavy atom. The van der Waals surface area contributed by atoms with Crippen molar-refractivity contribution in [1.82, 2.24) is 0 Å². The number of hydrogen-bond donors (Lipinski definition) is 0. The van der Waals surface area contributed by atoms with Gasteiger partial charge in [0, 0.05) is 12.8 Å². The third-order valence-electron chi connectivity index (χ3n) is 1.78. The van der Waals surface area contributed by atoms with Gasteiger partial charge in [-0.3, -0.25) is 4.57 Å². The van der Waals surface area contributed by atoms with E-state index in [1.165, 1.54) is 0 Å². The second kappa shape index (κ2) is 6.68. The molecule has 0 aromatic heterocycles. The number of rotatable bonds is 7. The Kier molecular flexibility index (Phi) is 6.78. The Hall–Kier alpha value is 0.190. The van der Waals surface area contributed by atoms with Gasteiger partial charge < -0.3 is 4.52 Å². The van der Waals surface area contributed by atoms with Crippen molar-refractivity contribution in [3.63, 3.8) is 0 Å². The average Bonchev–Trinajstić information content (AvgIpc) is 2.01. The first-order chi connectivity index (χ1) is 5.62. The van der Waals surface area contributed by atoms with Gasteiger partial charge in [-0.2, -0.15) is 0 Å². The van der Waals surface area contributed by atoms with E-state index in [2.05, 4.69) is 13.8 Å². The van der Waals surface area contributed by atoms with Gasteiger partial charge in [-0.05, 0) is 12.8 Å². The first kappa shape index (κ1) is 12.2. The molecule has 0 amide bonds. The van der Waals surface area contributed by atoms with Gasteiger partial charge in [0.25, 0.3) is 0 Å². The molecule has 74 valence electrons. The van der Waals surface area contributed by atoms with Gasteiger partial charge in [-0.25, -0.2) is 0 Å². The minimum Gasteiger partial charge on any atom is -0.329 e. The maximum atomic E-state index is 11.6. The molecule has 0 radical (unpaired) electrons. The molecule has 0 rings (SSSR count). The quantitative estimate of drug-likeness (QED) is 0.455. The minimum atomic E-state index is -2.24. The van der Waals surface area contributed by atoms with Crippen molar-refractivity contribution in [1.29, 1.82) is 0 Å². The fraction of sp³-hybridized carbons (Fsp3) is 1.00. The predicted molar refractivity (Wildman–Crippen MR) is 54.2 cm³/mol. The minimum absolute atomic E-state index is 0.661. The molecule has 0 saturated carbocycles. The first-order valence-electron chi connectivity index (χ1n) is 4.83. The van der Waals surface area contributed by atoms with Crippen molar-refractivity contribution in [3.8, 4) is 0 Å². The summed E-state index contributed by atoms with van der Waals surface area (Å²) >= 11 is 0. The van der Waals surface area contributed by atoms with Crippen LogP contribution in [0.3, 0.4) is 0 Å². The van der Waals surface area contributed by atoms with Crippen LogP contribution in [-0.2, 0) is 9.09 Å². The smallest absolute Gasteiger partial charge is 0.200 e. The Bertz CT molecular complexity index is 145. The van der Waals surface area contributed by atoms with Crippen LogP contribution in [0.25, 0.3) is 0 Å². The van der Waals surface area contributed by atoms with E-state index in [4.69, 9.17) is 4.52 Å². The van der Waals surface area contributed by atoms with E-state index in [-0.39, 0.29) is 0 Å². The summed E-state index contributed by atoms with van der Waals surface area (Å²) in [4.78, 5) is 0. The summed E-state index contributed by atoms with van der Waals surface area (Å²) < 4.78 is 17.0. The fourth-order valence-corrected chi connectivity index (χ4v) is 2.45. The lowest BCUT2D eigenvalue weighted by molar-refractivity contribution is 0.309. The molecule has 0 aromatic carbocycles. The van der Waals surface area contributed by atoms with Crippen molar-refractivity contribution >= 4 is 7.37 Å². The van der Waals surface area contributed by atoms with E-state index in [1.807, 2.05) is 0 Å². The maximum absolute atomic E-state index is 11.6. The summed E-state index contributed by atoms with van der Waals surface area (Å²) in [5.74, 6) is 0. The summed E-state index contributed by atoms with van der Waals surface area (Å²) in [6.07, 6.45) is 4.97. The highest BCUT2D eigenvalue weighted by molar-refractivity contribution is 7.58. The average molecular weight is 192 g/mol. The van der Waals surface area contributed by atoms with Crippen molar-refractivity contribution in [2.75, 3.05) is 19.4 Å². The Balaban J connectivity index is 3.49. The zero-order valence-electron chi connectivity index (χ0n) is 8.51. The third-order valence-corrected chi connectivity index (χ3v) is 3.64. The van der Waals surface area contributed by atoms with Gasteiger partial charge in [0.2, 0.25) is 0 Å². The van der Waals surface area contributed by atoms with Gasteiger partial charge in [-0.15, -0.1) is 0 Å². The summed E-state index contributed by atoms with van der Waals surface area (Å²) in [6.45, 7) is 6.62. The first-order valence-corrected chi connectivity index (χ1v) is 7.09. The zero-order chi connectivity index (χ0) is 9.45. The van der Waals surface area contributed by atoms with Crippen molar-refractivity contribution in [2.45, 2.75) is 39.5 Å². The van der Waals surface area contributed by atoms with Crippen LogP contribution in [0.1, 0.15) is 39.5 Å². The van der Waals surface area contributed by atoms with E-state index in [0.29, 0.717) is 6.61 Å². The van der Waals surface area contributed by atoms with Crippen LogP contribution in [0, 0.1) is 0 Å². The largest absolute Gasteiger partial charge is 0.329 e. The zero-order valence-corrected chi connectivity index (χ0v) is 9.40. The van der Waals surface area contributed by atoms with E-state index < -0.39 is 7.37 Å². The lowest BCUT2D eigenvalue weighted by Crippen LogP contribution is -1.95. The SMILES string of the molecule is CCCCOP(C)(=O)CCCC. The molecular formula is C9H21O2P. The van der Waals surface area contributed by atoms with E-state index in [9.17, 15) is 4.57 Å². The second-order valence-electron chi connectivity index (χ2n) is 3.28. The highest BCUT2D eigenvalue weighted by atomic mass is 31.2. The summed E-state index contributed by atoms with van der Waals surface area (Å²) in [5.41, 5.74) is 0. The molecule has 0 aliphatic carbocycles. The molecule has 0 fully saturated rings. The number of hydrogen-bond acceptors (Lipinski definition) is 2. The Labute approximate surface area is 76.1 Å². The molecule has 1 atom stereocenters. The lowest BCUT2D eigenvalue weighted by Gasteiger charge is -2.12. The summed E-state index contributed by atoms with van der Waals surface area (Å²) in [5, 5.41) is 0. The van der Waals surface area contributed by atoms with Crippen LogP contribution in [0.5, 0.6) is 0 Å². The molecule has 0 bridgehead atoms. The molecule has 0 aliphatic heterocycles. The van der Waals surface area contributed by atoms with Crippen molar-refractivity contribution < 1.29 is 9.09 Å². The molecule has 0 heterocycles. The molecule has 12 heavy (non-hydrogen) atoms. The van der Waals surface area contributed by atoms with Gasteiger partial charge >= 0.3 is 0 Å². The van der Waals surface area contributed by atoms with E-state index >= 15 is 0 Å². The van der Waals surface area contributed by atoms with Crippen LogP contribution in [0.15, 0.2) is 0 Å². The Morgan fingerprint density at radius 1 is 1.17 bits per heavy atom. The molecular weight excluding hydrogens is 171 g/mol. The van der Waals surface area contributed by atoms with Crippen LogP contribution in [0.4, 0.5) is 0 Å². The monoisotopic (exact) mass is 192 g/mol. The Morgan fingerprint density at radius 3 is 2.25 bits per heavy atom. The number of unbranched alkanes of at least 4 members (excludes halogenated alkanes) is 2. The van der Waals surface area contributed by atoms with Crippen molar-refractivity contribution in [3.05, 3.63) is 0 Å². The van der Waals surface area contributed by atoms with Crippen LogP contribution >= 0.6 is 7.37 Å². The predicted octanol–water partition coefficient (Wildman–Crippen LogP) is 3.51. The third kappa shape index (κ3) is 6.87. The molecule has 0 aromatic rings. The maximum Gasteiger partial charge on any atom is 0.200 e. The normalized spacial score (nSPS) is 15.9. The van der Waals surface area contributed by atoms with Gasteiger partial charge in [-0.1, -0.05) is 26.7 Å². The van der Waals surface area contributed by atoms with Gasteiger partial charge in [0.05, 0.1) is 6.61 Å². The van der Waals surface area contributed by atoms with Crippen molar-refractivity contribution in [2.24, 2.45) is 0 Å². The van der Waals surface area contributed by atoms with E-state index in [0.717, 1.165) is 31.8 Å². The van der Waals surface area contributed by atoms with Crippen LogP contribution in [-0.4, -0.2) is 19.4 Å². The molecule has 2 nitrogen and oxygen atoms in total. The van der Waals surface area contributed by atoms with Gasteiger partial charge in [0.1, 0.15) is 0 Å². The molecule has 3 heteroatoms. The van der Waals surface area contributed by atoms with Crippen LogP contribution in [0.2, 0.25) is 0 Å². The molecule has 0 N–H and O–H groups in total. The highest BCUT2D eigenvalue weighted by Gasteiger charge is 2.13. The lowest BCUT2D eigenvalue weighted by atomic mass is 10.4. The van der Waals surface area contributed by atoms with Crippen LogP contribution < -0.4 is 0 Å². The second-order valence-corrected chi connectivity index (χ2v) is 6.01. The molecule has 0 spiro atoms. The summed E-state index contributed by atoms with van der Waals surface area (Å²) in [7, 11) is -2.24. The fourth-order valence-electron chi connectivity index (χ4n) is 0.912. The van der Waals surface area contributed by atoms with E-state index in [1.54, 1.807) is 6.66 Å². The molecule has 1 unspecified atom stereocenters. The topological polar surface area (TPSA) is 26.3 Å². The highest BCUT2D eigenvalue weighted by Crippen LogP contribution is 2.43. The standard InChI is InChI=1S/C9H21O2P/c1-4-6-8-11-12(3,10)9-7-5-2/h4-9H2,1-3H3. The molecule has 0 saturated heterocycles. The van der Waals surface area contributed by atoms with Gasteiger partial charge in [0.15, 0.2) is 7.37 Å².